The number of benzene rings is 1. The fourth-order valence-electron chi connectivity index (χ4n) is 2.51. The molecule has 0 aliphatic heterocycles. The first kappa shape index (κ1) is 16.9. The molecule has 1 atom stereocenters. The molecular formula is C19H20N4O2. The summed E-state index contributed by atoms with van der Waals surface area (Å²) in [6.07, 6.45) is 5.71. The predicted molar refractivity (Wildman–Crippen MR) is 95.4 cm³/mol. The number of carbonyl (C=O) groups is 1. The highest BCUT2D eigenvalue weighted by molar-refractivity contribution is 6.00. The highest BCUT2D eigenvalue weighted by Crippen LogP contribution is 2.23. The monoisotopic (exact) mass is 336 g/mol. The minimum Gasteiger partial charge on any atom is -0.394 e. The van der Waals surface area contributed by atoms with Gasteiger partial charge in [0.1, 0.15) is 5.69 Å². The largest absolute Gasteiger partial charge is 0.394 e. The van der Waals surface area contributed by atoms with Gasteiger partial charge in [-0.2, -0.15) is 5.10 Å². The molecule has 1 amide bonds. The van der Waals surface area contributed by atoms with Gasteiger partial charge in [0.25, 0.3) is 5.91 Å². The third kappa shape index (κ3) is 3.75. The average Bonchev–Trinajstić information content (AvgIpc) is 3.13. The molecule has 6 nitrogen and oxygen atoms in total. The van der Waals surface area contributed by atoms with Crippen LogP contribution in [-0.4, -0.2) is 38.4 Å². The Balaban J connectivity index is 2.03. The number of aliphatic hydroxyl groups excluding tert-OH is 1. The fourth-order valence-corrected chi connectivity index (χ4v) is 2.51. The van der Waals surface area contributed by atoms with Gasteiger partial charge in [0, 0.05) is 24.2 Å². The Bertz CT molecular complexity index is 827. The van der Waals surface area contributed by atoms with E-state index in [1.807, 2.05) is 43.3 Å². The van der Waals surface area contributed by atoms with Crippen molar-refractivity contribution in [2.45, 2.75) is 19.4 Å². The highest BCUT2D eigenvalue weighted by atomic mass is 16.3. The molecule has 3 aromatic rings. The summed E-state index contributed by atoms with van der Waals surface area (Å²) in [5, 5.41) is 16.8. The summed E-state index contributed by atoms with van der Waals surface area (Å²) in [6.45, 7) is 1.81. The number of aliphatic hydroxyl groups is 1. The zero-order chi connectivity index (χ0) is 17.6. The number of carbonyl (C=O) groups excluding carboxylic acids is 1. The second kappa shape index (κ2) is 7.72. The maximum absolute atomic E-state index is 12.7. The summed E-state index contributed by atoms with van der Waals surface area (Å²) in [5.74, 6) is -0.262. The smallest absolute Gasteiger partial charge is 0.255 e. The van der Waals surface area contributed by atoms with Crippen molar-refractivity contribution >= 4 is 5.91 Å². The molecule has 0 aliphatic rings. The Hall–Kier alpha value is -2.99. The Morgan fingerprint density at radius 2 is 2.04 bits per heavy atom. The normalized spacial score (nSPS) is 11.9. The van der Waals surface area contributed by atoms with E-state index in [-0.39, 0.29) is 18.6 Å². The minimum atomic E-state index is -0.283. The number of amides is 1. The summed E-state index contributed by atoms with van der Waals surface area (Å²) in [5.41, 5.74) is 2.63. The number of hydrogen-bond acceptors (Lipinski definition) is 4. The molecule has 128 valence electrons. The SMILES string of the molecule is CCC(CO)NC(=O)c1cn(-c2ccccc2)nc1-c1cccnc1. The van der Waals surface area contributed by atoms with E-state index >= 15 is 0 Å². The molecule has 2 heterocycles. The van der Waals surface area contributed by atoms with Crippen LogP contribution in [-0.2, 0) is 0 Å². The van der Waals surface area contributed by atoms with E-state index in [1.54, 1.807) is 29.3 Å². The van der Waals surface area contributed by atoms with E-state index in [9.17, 15) is 9.90 Å². The van der Waals surface area contributed by atoms with Crippen molar-refractivity contribution in [3.63, 3.8) is 0 Å². The van der Waals surface area contributed by atoms with Gasteiger partial charge < -0.3 is 10.4 Å². The Morgan fingerprint density at radius 1 is 1.24 bits per heavy atom. The van der Waals surface area contributed by atoms with E-state index < -0.39 is 0 Å². The lowest BCUT2D eigenvalue weighted by molar-refractivity contribution is 0.0915. The lowest BCUT2D eigenvalue weighted by atomic mass is 10.1. The molecule has 0 saturated heterocycles. The van der Waals surface area contributed by atoms with Crippen LogP contribution in [0.2, 0.25) is 0 Å². The molecule has 1 unspecified atom stereocenters. The highest BCUT2D eigenvalue weighted by Gasteiger charge is 2.20. The maximum Gasteiger partial charge on any atom is 0.255 e. The first-order valence-electron chi connectivity index (χ1n) is 8.20. The molecule has 0 bridgehead atoms. The number of nitrogens with one attached hydrogen (secondary N) is 1. The molecule has 2 aromatic heterocycles. The molecule has 0 radical (unpaired) electrons. The second-order valence-corrected chi connectivity index (χ2v) is 5.67. The number of nitrogens with zero attached hydrogens (tertiary/aromatic N) is 3. The van der Waals surface area contributed by atoms with Crippen LogP contribution in [0.15, 0.2) is 61.1 Å². The summed E-state index contributed by atoms with van der Waals surface area (Å²) in [6, 6.07) is 13.0. The van der Waals surface area contributed by atoms with Gasteiger partial charge in [-0.15, -0.1) is 0 Å². The summed E-state index contributed by atoms with van der Waals surface area (Å²) in [4.78, 5) is 16.8. The number of aromatic nitrogens is 3. The van der Waals surface area contributed by atoms with E-state index in [0.717, 1.165) is 11.3 Å². The first-order chi connectivity index (χ1) is 12.2. The number of pyridine rings is 1. The fraction of sp³-hybridized carbons (Fsp3) is 0.211. The molecule has 6 heteroatoms. The lowest BCUT2D eigenvalue weighted by Gasteiger charge is -2.13. The van der Waals surface area contributed by atoms with Crippen LogP contribution in [0.4, 0.5) is 0 Å². The average molecular weight is 336 g/mol. The molecule has 2 N–H and O–H groups in total. The van der Waals surface area contributed by atoms with Crippen molar-refractivity contribution < 1.29 is 9.90 Å². The zero-order valence-corrected chi connectivity index (χ0v) is 14.0. The first-order valence-corrected chi connectivity index (χ1v) is 8.20. The number of para-hydroxylation sites is 1. The van der Waals surface area contributed by atoms with Gasteiger partial charge in [0.2, 0.25) is 0 Å². The standard InChI is InChI=1S/C19H20N4O2/c1-2-15(13-24)21-19(25)17-12-23(16-8-4-3-5-9-16)22-18(17)14-7-6-10-20-11-14/h3-12,15,24H,2,13H2,1H3,(H,21,25). The van der Waals surface area contributed by atoms with E-state index in [2.05, 4.69) is 15.4 Å². The van der Waals surface area contributed by atoms with Gasteiger partial charge >= 0.3 is 0 Å². The van der Waals surface area contributed by atoms with Crippen molar-refractivity contribution in [2.24, 2.45) is 0 Å². The van der Waals surface area contributed by atoms with Crippen LogP contribution in [0.25, 0.3) is 16.9 Å². The summed E-state index contributed by atoms with van der Waals surface area (Å²) < 4.78 is 1.68. The second-order valence-electron chi connectivity index (χ2n) is 5.67. The third-order valence-electron chi connectivity index (χ3n) is 3.96. The van der Waals surface area contributed by atoms with Crippen LogP contribution in [0, 0.1) is 0 Å². The van der Waals surface area contributed by atoms with Crippen LogP contribution < -0.4 is 5.32 Å². The molecule has 3 rings (SSSR count). The topological polar surface area (TPSA) is 80.0 Å². The van der Waals surface area contributed by atoms with Crippen LogP contribution in [0.1, 0.15) is 23.7 Å². The Morgan fingerprint density at radius 3 is 2.68 bits per heavy atom. The van der Waals surface area contributed by atoms with Gasteiger partial charge in [-0.05, 0) is 30.7 Å². The molecule has 25 heavy (non-hydrogen) atoms. The van der Waals surface area contributed by atoms with Gasteiger partial charge in [-0.1, -0.05) is 25.1 Å². The molecule has 0 spiro atoms. The molecule has 0 aliphatic carbocycles. The van der Waals surface area contributed by atoms with Crippen molar-refractivity contribution in [1.82, 2.24) is 20.1 Å². The molecule has 0 saturated carbocycles. The zero-order valence-electron chi connectivity index (χ0n) is 14.0. The third-order valence-corrected chi connectivity index (χ3v) is 3.96. The van der Waals surface area contributed by atoms with E-state index in [0.29, 0.717) is 17.7 Å². The van der Waals surface area contributed by atoms with Gasteiger partial charge in [-0.25, -0.2) is 4.68 Å². The predicted octanol–water partition coefficient (Wildman–Crippen LogP) is 2.44. The Kier molecular flexibility index (Phi) is 5.20. The summed E-state index contributed by atoms with van der Waals surface area (Å²) in [7, 11) is 0. The van der Waals surface area contributed by atoms with Crippen molar-refractivity contribution in [2.75, 3.05) is 6.61 Å². The summed E-state index contributed by atoms with van der Waals surface area (Å²) >= 11 is 0. The van der Waals surface area contributed by atoms with Crippen LogP contribution >= 0.6 is 0 Å². The van der Waals surface area contributed by atoms with Crippen molar-refractivity contribution in [3.05, 3.63) is 66.6 Å². The molecular weight excluding hydrogens is 316 g/mol. The lowest BCUT2D eigenvalue weighted by Crippen LogP contribution is -2.37. The molecule has 0 fully saturated rings. The van der Waals surface area contributed by atoms with Crippen LogP contribution in [0.3, 0.4) is 0 Å². The Labute approximate surface area is 146 Å². The number of rotatable bonds is 6. The van der Waals surface area contributed by atoms with Crippen molar-refractivity contribution in [3.8, 4) is 16.9 Å². The maximum atomic E-state index is 12.7. The van der Waals surface area contributed by atoms with Crippen molar-refractivity contribution in [1.29, 1.82) is 0 Å². The van der Waals surface area contributed by atoms with Gasteiger partial charge in [0.15, 0.2) is 0 Å². The van der Waals surface area contributed by atoms with Gasteiger partial charge in [-0.3, -0.25) is 9.78 Å². The quantitative estimate of drug-likeness (QED) is 0.724. The van der Waals surface area contributed by atoms with E-state index in [1.165, 1.54) is 0 Å². The number of hydrogen-bond donors (Lipinski definition) is 2. The molecule has 1 aromatic carbocycles. The van der Waals surface area contributed by atoms with Crippen LogP contribution in [0.5, 0.6) is 0 Å². The van der Waals surface area contributed by atoms with E-state index in [4.69, 9.17) is 0 Å². The minimum absolute atomic E-state index is 0.0999. The van der Waals surface area contributed by atoms with Gasteiger partial charge in [0.05, 0.1) is 23.9 Å².